The van der Waals surface area contributed by atoms with Gasteiger partial charge in [0, 0.05) is 19.7 Å². The van der Waals surface area contributed by atoms with E-state index in [1.807, 2.05) is 4.90 Å². The minimum absolute atomic E-state index is 0.0188. The van der Waals surface area contributed by atoms with Crippen LogP contribution < -0.4 is 0 Å². The van der Waals surface area contributed by atoms with E-state index in [1.165, 1.54) is 0 Å². The smallest absolute Gasteiger partial charge is 0.240 e. The molecule has 0 aromatic heterocycles. The van der Waals surface area contributed by atoms with E-state index in [1.54, 1.807) is 6.92 Å². The molecule has 0 aliphatic carbocycles. The number of nitrogens with zero attached hydrogens (tertiary/aromatic N) is 1. The second kappa shape index (κ2) is 5.56. The Hall–Kier alpha value is -0.280. The summed E-state index contributed by atoms with van der Waals surface area (Å²) in [5, 5.41) is 8.59. The summed E-state index contributed by atoms with van der Waals surface area (Å²) >= 11 is 5.74. The quantitative estimate of drug-likeness (QED) is 0.710. The van der Waals surface area contributed by atoms with E-state index in [0.29, 0.717) is 5.92 Å². The van der Waals surface area contributed by atoms with Crippen molar-refractivity contribution >= 4 is 17.5 Å². The zero-order valence-corrected chi connectivity index (χ0v) is 9.33. The van der Waals surface area contributed by atoms with Crippen LogP contribution in [-0.4, -0.2) is 41.0 Å². The summed E-state index contributed by atoms with van der Waals surface area (Å²) in [7, 11) is 0. The zero-order chi connectivity index (χ0) is 10.6. The number of carbonyl (C=O) groups excluding carboxylic acids is 1. The first kappa shape index (κ1) is 11.8. The Kier molecular flexibility index (Phi) is 4.69. The summed E-state index contributed by atoms with van der Waals surface area (Å²) in [6.45, 7) is 3.46. The van der Waals surface area contributed by atoms with E-state index >= 15 is 0 Å². The molecule has 1 N–H and O–H groups in total. The molecule has 0 spiro atoms. The van der Waals surface area contributed by atoms with Crippen LogP contribution in [0.3, 0.4) is 0 Å². The second-order valence-corrected chi connectivity index (χ2v) is 4.58. The highest BCUT2D eigenvalue weighted by Crippen LogP contribution is 2.17. The molecule has 0 aromatic carbocycles. The molecular weight excluding hydrogens is 202 g/mol. The predicted octanol–water partition coefficient (Wildman–Crippen LogP) is 1.23. The Bertz CT molecular complexity index is 197. The largest absolute Gasteiger partial charge is 0.396 e. The van der Waals surface area contributed by atoms with Crippen LogP contribution in [0, 0.1) is 5.92 Å². The number of carbonyl (C=O) groups is 1. The SMILES string of the molecule is CC(Cl)C(=O)N1CCCC(CO)CC1. The van der Waals surface area contributed by atoms with Gasteiger partial charge in [-0.2, -0.15) is 0 Å². The van der Waals surface area contributed by atoms with Crippen LogP contribution in [0.5, 0.6) is 0 Å². The Balaban J connectivity index is 2.45. The molecule has 1 aliphatic rings. The first-order valence-electron chi connectivity index (χ1n) is 5.19. The summed E-state index contributed by atoms with van der Waals surface area (Å²) < 4.78 is 0. The maximum Gasteiger partial charge on any atom is 0.240 e. The fourth-order valence-electron chi connectivity index (χ4n) is 1.82. The maximum absolute atomic E-state index is 11.6. The molecule has 0 aromatic rings. The van der Waals surface area contributed by atoms with Crippen molar-refractivity contribution in [2.75, 3.05) is 19.7 Å². The van der Waals surface area contributed by atoms with Gasteiger partial charge in [0.05, 0.1) is 0 Å². The van der Waals surface area contributed by atoms with Crippen molar-refractivity contribution in [1.29, 1.82) is 0 Å². The number of hydrogen-bond acceptors (Lipinski definition) is 2. The highest BCUT2D eigenvalue weighted by Gasteiger charge is 2.22. The molecule has 0 saturated carbocycles. The monoisotopic (exact) mass is 219 g/mol. The lowest BCUT2D eigenvalue weighted by atomic mass is 10.0. The van der Waals surface area contributed by atoms with Gasteiger partial charge < -0.3 is 10.0 Å². The fourth-order valence-corrected chi connectivity index (χ4v) is 1.96. The molecule has 1 aliphatic heterocycles. The van der Waals surface area contributed by atoms with E-state index in [4.69, 9.17) is 16.7 Å². The van der Waals surface area contributed by atoms with Gasteiger partial charge in [-0.1, -0.05) is 0 Å². The summed E-state index contributed by atoms with van der Waals surface area (Å²) in [6.07, 6.45) is 2.88. The van der Waals surface area contributed by atoms with Gasteiger partial charge >= 0.3 is 0 Å². The molecule has 14 heavy (non-hydrogen) atoms. The van der Waals surface area contributed by atoms with Crippen molar-refractivity contribution < 1.29 is 9.90 Å². The standard InChI is InChI=1S/C10H18ClNO2/c1-8(11)10(14)12-5-2-3-9(7-13)4-6-12/h8-9,13H,2-7H2,1H3. The molecule has 1 rings (SSSR count). The topological polar surface area (TPSA) is 40.5 Å². The van der Waals surface area contributed by atoms with Crippen molar-refractivity contribution in [3.05, 3.63) is 0 Å². The van der Waals surface area contributed by atoms with Gasteiger partial charge in [-0.05, 0) is 32.1 Å². The zero-order valence-electron chi connectivity index (χ0n) is 8.58. The third kappa shape index (κ3) is 3.14. The van der Waals surface area contributed by atoms with E-state index in [-0.39, 0.29) is 12.5 Å². The van der Waals surface area contributed by atoms with Crippen LogP contribution in [0.1, 0.15) is 26.2 Å². The Morgan fingerprint density at radius 3 is 2.86 bits per heavy atom. The molecule has 2 atom stereocenters. The number of hydrogen-bond donors (Lipinski definition) is 1. The van der Waals surface area contributed by atoms with Crippen molar-refractivity contribution in [1.82, 2.24) is 4.90 Å². The Morgan fingerprint density at radius 1 is 1.57 bits per heavy atom. The van der Waals surface area contributed by atoms with Crippen LogP contribution in [0.25, 0.3) is 0 Å². The number of likely N-dealkylation sites (tertiary alicyclic amines) is 1. The number of rotatable bonds is 2. The Labute approximate surface area is 90.0 Å². The second-order valence-electron chi connectivity index (χ2n) is 3.92. The summed E-state index contributed by atoms with van der Waals surface area (Å²) in [5.41, 5.74) is 0. The van der Waals surface area contributed by atoms with Gasteiger partial charge in [-0.15, -0.1) is 11.6 Å². The van der Waals surface area contributed by atoms with E-state index in [9.17, 15) is 4.79 Å². The van der Waals surface area contributed by atoms with E-state index < -0.39 is 5.38 Å². The lowest BCUT2D eigenvalue weighted by Gasteiger charge is -2.21. The summed E-state index contributed by atoms with van der Waals surface area (Å²) in [6, 6.07) is 0. The van der Waals surface area contributed by atoms with E-state index in [0.717, 1.165) is 32.4 Å². The van der Waals surface area contributed by atoms with Gasteiger partial charge in [0.1, 0.15) is 5.38 Å². The maximum atomic E-state index is 11.6. The van der Waals surface area contributed by atoms with Gasteiger partial charge in [-0.25, -0.2) is 0 Å². The number of aliphatic hydroxyl groups excluding tert-OH is 1. The average Bonchev–Trinajstić information content (AvgIpc) is 2.41. The first-order valence-corrected chi connectivity index (χ1v) is 5.62. The highest BCUT2D eigenvalue weighted by molar-refractivity contribution is 6.30. The molecule has 2 unspecified atom stereocenters. The molecule has 4 heteroatoms. The fraction of sp³-hybridized carbons (Fsp3) is 0.900. The van der Waals surface area contributed by atoms with Crippen LogP contribution >= 0.6 is 11.6 Å². The number of amides is 1. The third-order valence-electron chi connectivity index (χ3n) is 2.76. The average molecular weight is 220 g/mol. The van der Waals surface area contributed by atoms with Crippen LogP contribution in [0.15, 0.2) is 0 Å². The molecule has 1 amide bonds. The summed E-state index contributed by atoms with van der Waals surface area (Å²) in [4.78, 5) is 13.4. The highest BCUT2D eigenvalue weighted by atomic mass is 35.5. The number of halogens is 1. The van der Waals surface area contributed by atoms with Crippen LogP contribution in [0.4, 0.5) is 0 Å². The lowest BCUT2D eigenvalue weighted by Crippen LogP contribution is -2.36. The molecule has 0 bridgehead atoms. The van der Waals surface area contributed by atoms with Crippen molar-refractivity contribution in [3.8, 4) is 0 Å². The normalized spacial score (nSPS) is 25.6. The molecule has 1 fully saturated rings. The van der Waals surface area contributed by atoms with Crippen molar-refractivity contribution in [3.63, 3.8) is 0 Å². The van der Waals surface area contributed by atoms with Crippen LogP contribution in [-0.2, 0) is 4.79 Å². The number of aliphatic hydroxyl groups is 1. The van der Waals surface area contributed by atoms with Crippen molar-refractivity contribution in [2.45, 2.75) is 31.6 Å². The van der Waals surface area contributed by atoms with Crippen molar-refractivity contribution in [2.24, 2.45) is 5.92 Å². The molecule has 82 valence electrons. The molecule has 3 nitrogen and oxygen atoms in total. The molecular formula is C10H18ClNO2. The lowest BCUT2D eigenvalue weighted by molar-refractivity contribution is -0.130. The minimum Gasteiger partial charge on any atom is -0.396 e. The van der Waals surface area contributed by atoms with Gasteiger partial charge in [0.25, 0.3) is 0 Å². The van der Waals surface area contributed by atoms with E-state index in [2.05, 4.69) is 0 Å². The molecule has 0 radical (unpaired) electrons. The van der Waals surface area contributed by atoms with Gasteiger partial charge in [0.2, 0.25) is 5.91 Å². The summed E-state index contributed by atoms with van der Waals surface area (Å²) in [5.74, 6) is 0.378. The molecule has 1 heterocycles. The third-order valence-corrected chi connectivity index (χ3v) is 2.94. The van der Waals surface area contributed by atoms with Gasteiger partial charge in [0.15, 0.2) is 0 Å². The number of alkyl halides is 1. The first-order chi connectivity index (χ1) is 6.65. The molecule has 1 saturated heterocycles. The Morgan fingerprint density at radius 2 is 2.29 bits per heavy atom. The van der Waals surface area contributed by atoms with Crippen LogP contribution in [0.2, 0.25) is 0 Å². The minimum atomic E-state index is -0.430. The predicted molar refractivity (Wildman–Crippen MR) is 56.3 cm³/mol. The van der Waals surface area contributed by atoms with Gasteiger partial charge in [-0.3, -0.25) is 4.79 Å².